The number of nitrogens with one attached hydrogen (secondary N) is 1. The number of carboxylic acids is 1. The Labute approximate surface area is 120 Å². The van der Waals surface area contributed by atoms with Crippen LogP contribution in [0.3, 0.4) is 0 Å². The molecule has 6 nitrogen and oxygen atoms in total. The summed E-state index contributed by atoms with van der Waals surface area (Å²) in [7, 11) is 0. The van der Waals surface area contributed by atoms with Crippen LogP contribution in [-0.2, 0) is 4.79 Å². The molecular weight excluding hydrogens is 260 g/mol. The van der Waals surface area contributed by atoms with Gasteiger partial charge in [0, 0.05) is 13.1 Å². The van der Waals surface area contributed by atoms with Gasteiger partial charge in [-0.25, -0.2) is 4.79 Å². The zero-order valence-electron chi connectivity index (χ0n) is 12.6. The molecule has 3 N–H and O–H groups in total. The second-order valence-electron chi connectivity index (χ2n) is 6.37. The van der Waals surface area contributed by atoms with Crippen molar-refractivity contribution in [3.8, 4) is 0 Å². The maximum Gasteiger partial charge on any atom is 0.317 e. The van der Waals surface area contributed by atoms with Crippen molar-refractivity contribution in [1.82, 2.24) is 10.2 Å². The number of rotatable bonds is 5. The van der Waals surface area contributed by atoms with Crippen LogP contribution in [0.2, 0.25) is 0 Å². The number of urea groups is 1. The molecule has 2 amide bonds. The highest BCUT2D eigenvalue weighted by Gasteiger charge is 2.31. The molecule has 2 unspecified atom stereocenters. The molecule has 20 heavy (non-hydrogen) atoms. The largest absolute Gasteiger partial charge is 0.481 e. The van der Waals surface area contributed by atoms with E-state index in [4.69, 9.17) is 5.11 Å². The quantitative estimate of drug-likeness (QED) is 0.710. The first kappa shape index (κ1) is 16.8. The summed E-state index contributed by atoms with van der Waals surface area (Å²) in [6.45, 7) is 6.65. The first-order valence-electron chi connectivity index (χ1n) is 7.19. The van der Waals surface area contributed by atoms with Crippen molar-refractivity contribution >= 4 is 12.0 Å². The molecule has 0 aromatic rings. The van der Waals surface area contributed by atoms with Gasteiger partial charge in [0.1, 0.15) is 0 Å². The van der Waals surface area contributed by atoms with Gasteiger partial charge < -0.3 is 20.4 Å². The maximum atomic E-state index is 12.0. The molecule has 0 spiro atoms. The first-order chi connectivity index (χ1) is 9.21. The summed E-state index contributed by atoms with van der Waals surface area (Å²) in [6.07, 6.45) is 1.98. The van der Waals surface area contributed by atoms with E-state index in [1.807, 2.05) is 13.8 Å². The van der Waals surface area contributed by atoms with Gasteiger partial charge in [0.05, 0.1) is 18.1 Å². The Balaban J connectivity index is 2.47. The number of aliphatic carboxylic acids is 1. The van der Waals surface area contributed by atoms with Crippen molar-refractivity contribution < 1.29 is 19.8 Å². The number of aliphatic hydroxyl groups is 1. The van der Waals surface area contributed by atoms with E-state index in [-0.39, 0.29) is 18.5 Å². The Bertz CT molecular complexity index is 355. The molecule has 0 bridgehead atoms. The summed E-state index contributed by atoms with van der Waals surface area (Å²) in [4.78, 5) is 24.7. The number of likely N-dealkylation sites (tertiary alicyclic amines) is 1. The number of carboxylic acid groups (broad SMARTS) is 1. The van der Waals surface area contributed by atoms with E-state index < -0.39 is 17.5 Å². The summed E-state index contributed by atoms with van der Waals surface area (Å²) in [5.41, 5.74) is -0.847. The Kier molecular flexibility index (Phi) is 5.80. The highest BCUT2D eigenvalue weighted by Crippen LogP contribution is 2.20. The van der Waals surface area contributed by atoms with E-state index in [1.54, 1.807) is 11.8 Å². The molecule has 0 aromatic carbocycles. The van der Waals surface area contributed by atoms with E-state index in [0.717, 1.165) is 6.42 Å². The molecule has 1 fully saturated rings. The molecule has 6 heteroatoms. The SMILES string of the molecule is CC(C)CC(CNC(=O)N1CCCC(C)(O)C1)C(=O)O. The molecule has 1 heterocycles. The summed E-state index contributed by atoms with van der Waals surface area (Å²) in [5, 5.41) is 21.8. The standard InChI is InChI=1S/C14H26N2O4/c1-10(2)7-11(12(17)18)8-15-13(19)16-6-4-5-14(3,20)9-16/h10-11,20H,4-9H2,1-3H3,(H,15,19)(H,17,18). The van der Waals surface area contributed by atoms with Crippen molar-refractivity contribution in [2.75, 3.05) is 19.6 Å². The van der Waals surface area contributed by atoms with Crippen LogP contribution in [0.1, 0.15) is 40.0 Å². The highest BCUT2D eigenvalue weighted by atomic mass is 16.4. The first-order valence-corrected chi connectivity index (χ1v) is 7.19. The molecule has 1 rings (SSSR count). The van der Waals surface area contributed by atoms with Gasteiger partial charge in [0.2, 0.25) is 0 Å². The molecule has 116 valence electrons. The van der Waals surface area contributed by atoms with Gasteiger partial charge in [0.25, 0.3) is 0 Å². The van der Waals surface area contributed by atoms with Crippen LogP contribution in [-0.4, -0.2) is 52.3 Å². The van der Waals surface area contributed by atoms with Crippen molar-refractivity contribution in [2.24, 2.45) is 11.8 Å². The van der Waals surface area contributed by atoms with E-state index in [9.17, 15) is 14.7 Å². The molecule has 0 aliphatic carbocycles. The molecule has 1 aliphatic heterocycles. The van der Waals surface area contributed by atoms with Crippen LogP contribution in [0.5, 0.6) is 0 Å². The minimum Gasteiger partial charge on any atom is -0.481 e. The Morgan fingerprint density at radius 2 is 2.05 bits per heavy atom. The number of hydrogen-bond donors (Lipinski definition) is 3. The number of nitrogens with zero attached hydrogens (tertiary/aromatic N) is 1. The third-order valence-electron chi connectivity index (χ3n) is 3.57. The molecule has 0 aromatic heterocycles. The van der Waals surface area contributed by atoms with Crippen LogP contribution >= 0.6 is 0 Å². The molecule has 1 aliphatic rings. The average molecular weight is 286 g/mol. The minimum atomic E-state index is -0.885. The van der Waals surface area contributed by atoms with Gasteiger partial charge in [-0.1, -0.05) is 13.8 Å². The van der Waals surface area contributed by atoms with Crippen molar-refractivity contribution in [1.29, 1.82) is 0 Å². The summed E-state index contributed by atoms with van der Waals surface area (Å²) >= 11 is 0. The zero-order chi connectivity index (χ0) is 15.3. The fourth-order valence-electron chi connectivity index (χ4n) is 2.56. The number of β-amino-alcohol motifs (C(OH)–C–C–N with tert-alkyl or cyclic N) is 1. The van der Waals surface area contributed by atoms with Crippen LogP contribution in [0, 0.1) is 11.8 Å². The second-order valence-corrected chi connectivity index (χ2v) is 6.37. The third-order valence-corrected chi connectivity index (χ3v) is 3.57. The fraction of sp³-hybridized carbons (Fsp3) is 0.857. The second kappa shape index (κ2) is 6.92. The Hall–Kier alpha value is -1.30. The lowest BCUT2D eigenvalue weighted by atomic mass is 9.95. The number of carbonyl (C=O) groups is 2. The maximum absolute atomic E-state index is 12.0. The van der Waals surface area contributed by atoms with Crippen molar-refractivity contribution in [3.05, 3.63) is 0 Å². The van der Waals surface area contributed by atoms with E-state index >= 15 is 0 Å². The van der Waals surface area contributed by atoms with Crippen LogP contribution in [0.15, 0.2) is 0 Å². The predicted octanol–water partition coefficient (Wildman–Crippen LogP) is 1.29. The normalized spacial score (nSPS) is 24.6. The lowest BCUT2D eigenvalue weighted by Crippen LogP contribution is -2.52. The lowest BCUT2D eigenvalue weighted by molar-refractivity contribution is -0.142. The van der Waals surface area contributed by atoms with Gasteiger partial charge in [-0.3, -0.25) is 4.79 Å². The monoisotopic (exact) mass is 286 g/mol. The van der Waals surface area contributed by atoms with Gasteiger partial charge >= 0.3 is 12.0 Å². The van der Waals surface area contributed by atoms with Gasteiger partial charge in [-0.15, -0.1) is 0 Å². The Morgan fingerprint density at radius 1 is 1.40 bits per heavy atom. The smallest absolute Gasteiger partial charge is 0.317 e. The molecule has 1 saturated heterocycles. The number of amides is 2. The fourth-order valence-corrected chi connectivity index (χ4v) is 2.56. The molecule has 0 saturated carbocycles. The zero-order valence-corrected chi connectivity index (χ0v) is 12.6. The van der Waals surface area contributed by atoms with E-state index in [2.05, 4.69) is 5.32 Å². The molecule has 0 radical (unpaired) electrons. The lowest BCUT2D eigenvalue weighted by Gasteiger charge is -2.36. The summed E-state index contributed by atoms with van der Waals surface area (Å²) < 4.78 is 0. The third kappa shape index (κ3) is 5.36. The van der Waals surface area contributed by atoms with Gasteiger partial charge in [-0.05, 0) is 32.1 Å². The number of hydrogen-bond acceptors (Lipinski definition) is 3. The van der Waals surface area contributed by atoms with Crippen LogP contribution < -0.4 is 5.32 Å². The number of carbonyl (C=O) groups excluding carboxylic acids is 1. The van der Waals surface area contributed by atoms with Crippen molar-refractivity contribution in [3.63, 3.8) is 0 Å². The molecular formula is C14H26N2O4. The Morgan fingerprint density at radius 3 is 2.55 bits per heavy atom. The molecule has 2 atom stereocenters. The van der Waals surface area contributed by atoms with Gasteiger partial charge in [0.15, 0.2) is 0 Å². The van der Waals surface area contributed by atoms with Crippen LogP contribution in [0.4, 0.5) is 4.79 Å². The van der Waals surface area contributed by atoms with E-state index in [1.165, 1.54) is 0 Å². The topological polar surface area (TPSA) is 89.9 Å². The summed E-state index contributed by atoms with van der Waals surface area (Å²) in [5.74, 6) is -1.18. The van der Waals surface area contributed by atoms with Crippen LogP contribution in [0.25, 0.3) is 0 Å². The van der Waals surface area contributed by atoms with Crippen molar-refractivity contribution in [2.45, 2.75) is 45.6 Å². The number of piperidine rings is 1. The predicted molar refractivity (Wildman–Crippen MR) is 75.4 cm³/mol. The summed E-state index contributed by atoms with van der Waals surface area (Å²) in [6, 6.07) is -0.292. The van der Waals surface area contributed by atoms with Gasteiger partial charge in [-0.2, -0.15) is 0 Å². The minimum absolute atomic E-state index is 0.130. The average Bonchev–Trinajstić information content (AvgIpc) is 2.32. The van der Waals surface area contributed by atoms with E-state index in [0.29, 0.717) is 25.9 Å². The highest BCUT2D eigenvalue weighted by molar-refractivity contribution is 5.76.